The predicted octanol–water partition coefficient (Wildman–Crippen LogP) is 4.86. The fraction of sp³-hybridized carbons (Fsp3) is 0.500. The zero-order valence-electron chi connectivity index (χ0n) is 19.6. The molecule has 2 aromatic rings. The Morgan fingerprint density at radius 2 is 1.76 bits per heavy atom. The minimum Gasteiger partial charge on any atom is -0.497 e. The fourth-order valence-corrected chi connectivity index (χ4v) is 7.28. The molecule has 1 saturated heterocycles. The Morgan fingerprint density at radius 1 is 1.03 bits per heavy atom. The quantitative estimate of drug-likeness (QED) is 0.560. The molecule has 3 aliphatic rings. The summed E-state index contributed by atoms with van der Waals surface area (Å²) in [6, 6.07) is 12.0. The van der Waals surface area contributed by atoms with Crippen LogP contribution in [-0.4, -0.2) is 34.5 Å². The lowest BCUT2D eigenvalue weighted by Crippen LogP contribution is -2.24. The zero-order valence-corrected chi connectivity index (χ0v) is 20.4. The average molecular weight is 484 g/mol. The highest BCUT2D eigenvalue weighted by Crippen LogP contribution is 2.49. The molecule has 34 heavy (non-hydrogen) atoms. The van der Waals surface area contributed by atoms with E-state index in [1.54, 1.807) is 37.4 Å². The Labute approximate surface area is 201 Å². The fourth-order valence-electron chi connectivity index (χ4n) is 5.97. The van der Waals surface area contributed by atoms with Gasteiger partial charge in [-0.05, 0) is 92.3 Å². The number of hydrogen-bond acceptors (Lipinski definition) is 5. The van der Waals surface area contributed by atoms with Crippen molar-refractivity contribution in [3.63, 3.8) is 0 Å². The molecule has 2 bridgehead atoms. The summed E-state index contributed by atoms with van der Waals surface area (Å²) in [4.78, 5) is 15.1. The first-order valence-corrected chi connectivity index (χ1v) is 13.8. The monoisotopic (exact) mass is 483 g/mol. The summed E-state index contributed by atoms with van der Waals surface area (Å²) in [6.07, 6.45) is 7.55. The van der Waals surface area contributed by atoms with E-state index >= 15 is 0 Å². The summed E-state index contributed by atoms with van der Waals surface area (Å²) < 4.78 is 34.8. The molecule has 2 N–H and O–H groups in total. The first-order chi connectivity index (χ1) is 16.4. The van der Waals surface area contributed by atoms with Gasteiger partial charge >= 0.3 is 0 Å². The van der Waals surface area contributed by atoms with Crippen LogP contribution >= 0.6 is 0 Å². The van der Waals surface area contributed by atoms with Gasteiger partial charge in [0.1, 0.15) is 10.6 Å². The zero-order chi connectivity index (χ0) is 23.7. The molecule has 1 aliphatic heterocycles. The second-order valence-corrected chi connectivity index (χ2v) is 11.5. The summed E-state index contributed by atoms with van der Waals surface area (Å²) in [5.41, 5.74) is 1.65. The van der Waals surface area contributed by atoms with E-state index < -0.39 is 10.0 Å². The van der Waals surface area contributed by atoms with Gasteiger partial charge in [-0.2, -0.15) is 0 Å². The first kappa shape index (κ1) is 23.0. The van der Waals surface area contributed by atoms with E-state index in [4.69, 9.17) is 4.74 Å². The Kier molecular flexibility index (Phi) is 6.42. The molecule has 3 fully saturated rings. The highest BCUT2D eigenvalue weighted by Gasteiger charge is 2.40. The molecule has 2 aromatic carbocycles. The normalized spacial score (nSPS) is 23.8. The molecule has 5 rings (SSSR count). The number of methoxy groups -OCH3 is 1. The van der Waals surface area contributed by atoms with Crippen molar-refractivity contribution in [2.24, 2.45) is 17.8 Å². The van der Waals surface area contributed by atoms with Crippen LogP contribution in [0.15, 0.2) is 47.4 Å². The van der Waals surface area contributed by atoms with Gasteiger partial charge in [-0.1, -0.05) is 6.42 Å². The summed E-state index contributed by atoms with van der Waals surface area (Å²) in [5.74, 6) is 2.56. The number of ether oxygens (including phenoxy) is 1. The molecule has 1 amide bonds. The number of benzene rings is 2. The topological polar surface area (TPSA) is 87.7 Å². The van der Waals surface area contributed by atoms with Crippen LogP contribution in [0.25, 0.3) is 0 Å². The van der Waals surface area contributed by atoms with Crippen LogP contribution in [0.2, 0.25) is 0 Å². The van der Waals surface area contributed by atoms with E-state index in [0.717, 1.165) is 38.3 Å². The van der Waals surface area contributed by atoms with Crippen molar-refractivity contribution in [2.75, 3.05) is 35.1 Å². The molecule has 3 atom stereocenters. The summed E-state index contributed by atoms with van der Waals surface area (Å²) in [7, 11) is -2.30. The van der Waals surface area contributed by atoms with E-state index in [2.05, 4.69) is 14.9 Å². The molecular formula is C26H33N3O4S. The van der Waals surface area contributed by atoms with E-state index in [0.29, 0.717) is 41.1 Å². The molecule has 0 spiro atoms. The van der Waals surface area contributed by atoms with Gasteiger partial charge in [0.05, 0.1) is 12.8 Å². The van der Waals surface area contributed by atoms with Crippen LogP contribution in [0.4, 0.5) is 17.1 Å². The lowest BCUT2D eigenvalue weighted by molar-refractivity contribution is -0.117. The van der Waals surface area contributed by atoms with Crippen molar-refractivity contribution in [1.82, 2.24) is 0 Å². The molecule has 0 aromatic heterocycles. The molecule has 0 unspecified atom stereocenters. The van der Waals surface area contributed by atoms with Crippen LogP contribution in [-0.2, 0) is 14.8 Å². The van der Waals surface area contributed by atoms with Gasteiger partial charge in [0.2, 0.25) is 5.91 Å². The van der Waals surface area contributed by atoms with Crippen LogP contribution in [0.5, 0.6) is 5.75 Å². The van der Waals surface area contributed by atoms with Crippen molar-refractivity contribution in [2.45, 2.75) is 49.8 Å². The van der Waals surface area contributed by atoms with Crippen molar-refractivity contribution < 1.29 is 17.9 Å². The van der Waals surface area contributed by atoms with Gasteiger partial charge in [-0.25, -0.2) is 8.42 Å². The third-order valence-corrected chi connectivity index (χ3v) is 9.06. The minimum atomic E-state index is -3.87. The maximum absolute atomic E-state index is 13.5. The summed E-state index contributed by atoms with van der Waals surface area (Å²) in [5, 5.41) is 2.97. The van der Waals surface area contributed by atoms with Crippen molar-refractivity contribution in [1.29, 1.82) is 0 Å². The maximum Gasteiger partial charge on any atom is 0.264 e. The minimum absolute atomic E-state index is 0.0297. The van der Waals surface area contributed by atoms with Crippen molar-refractivity contribution in [3.8, 4) is 5.75 Å². The van der Waals surface area contributed by atoms with Crippen molar-refractivity contribution in [3.05, 3.63) is 42.5 Å². The third kappa shape index (κ3) is 4.87. The van der Waals surface area contributed by atoms with E-state index in [9.17, 15) is 13.2 Å². The molecule has 0 radical (unpaired) electrons. The summed E-state index contributed by atoms with van der Waals surface area (Å²) in [6.45, 7) is 1.64. The second kappa shape index (κ2) is 9.49. The standard InChI is InChI=1S/C26H33N3O4S/c1-33-23-9-6-21(7-10-23)28-34(31,32)25-17-22(8-11-24(25)29-12-2-3-13-29)27-26(30)16-20-15-18-4-5-19(20)14-18/h6-11,17-20,28H,2-5,12-16H2,1H3,(H,27,30)/t18-,19-,20-/m1/s1. The van der Waals surface area contributed by atoms with Gasteiger partial charge in [0.25, 0.3) is 10.0 Å². The number of carbonyl (C=O) groups is 1. The number of nitrogens with one attached hydrogen (secondary N) is 2. The number of sulfonamides is 1. The number of amides is 1. The van der Waals surface area contributed by atoms with Gasteiger partial charge in [-0.15, -0.1) is 0 Å². The number of nitrogens with zero attached hydrogens (tertiary/aromatic N) is 1. The van der Waals surface area contributed by atoms with Crippen LogP contribution < -0.4 is 19.7 Å². The molecule has 7 nitrogen and oxygen atoms in total. The Morgan fingerprint density at radius 3 is 2.41 bits per heavy atom. The average Bonchev–Trinajstić information content (AvgIpc) is 3.58. The van der Waals surface area contributed by atoms with Crippen LogP contribution in [0.1, 0.15) is 44.9 Å². The van der Waals surface area contributed by atoms with E-state index in [-0.39, 0.29) is 10.8 Å². The smallest absolute Gasteiger partial charge is 0.264 e. The van der Waals surface area contributed by atoms with Crippen LogP contribution in [0, 0.1) is 17.8 Å². The van der Waals surface area contributed by atoms with Gasteiger partial charge in [-0.3, -0.25) is 9.52 Å². The third-order valence-electron chi connectivity index (χ3n) is 7.65. The molecule has 2 aliphatic carbocycles. The lowest BCUT2D eigenvalue weighted by atomic mass is 9.86. The summed E-state index contributed by atoms with van der Waals surface area (Å²) >= 11 is 0. The SMILES string of the molecule is COc1ccc(NS(=O)(=O)c2cc(NC(=O)C[C@H]3C[C@@H]4CC[C@@H]3C4)ccc2N2CCCC2)cc1. The molecule has 8 heteroatoms. The Bertz CT molecular complexity index is 1140. The largest absolute Gasteiger partial charge is 0.497 e. The highest BCUT2D eigenvalue weighted by molar-refractivity contribution is 7.92. The Hall–Kier alpha value is -2.74. The van der Waals surface area contributed by atoms with E-state index in [1.807, 2.05) is 12.1 Å². The molecule has 2 saturated carbocycles. The molecule has 1 heterocycles. The number of anilines is 3. The van der Waals surface area contributed by atoms with Crippen LogP contribution in [0.3, 0.4) is 0 Å². The van der Waals surface area contributed by atoms with Gasteiger partial charge in [0.15, 0.2) is 0 Å². The predicted molar refractivity (Wildman–Crippen MR) is 134 cm³/mol. The Balaban J connectivity index is 1.37. The maximum atomic E-state index is 13.5. The number of carbonyl (C=O) groups excluding carboxylic acids is 1. The number of fused-ring (bicyclic) bond motifs is 2. The first-order valence-electron chi connectivity index (χ1n) is 12.3. The highest BCUT2D eigenvalue weighted by atomic mass is 32.2. The second-order valence-electron chi connectivity index (χ2n) is 9.90. The van der Waals surface area contributed by atoms with Crippen molar-refractivity contribution >= 4 is 33.0 Å². The number of hydrogen-bond donors (Lipinski definition) is 2. The molecular weight excluding hydrogens is 450 g/mol. The number of rotatable bonds is 8. The lowest BCUT2D eigenvalue weighted by Gasteiger charge is -2.23. The van der Waals surface area contributed by atoms with Gasteiger partial charge in [0, 0.05) is 30.9 Å². The van der Waals surface area contributed by atoms with Gasteiger partial charge < -0.3 is 15.0 Å². The molecule has 182 valence electrons. The van der Waals surface area contributed by atoms with E-state index in [1.165, 1.54) is 19.3 Å².